The number of benzene rings is 2. The molecule has 0 bridgehead atoms. The van der Waals surface area contributed by atoms with Crippen LogP contribution in [0.5, 0.6) is 5.75 Å². The number of carbonyl (C=O) groups is 2. The minimum absolute atomic E-state index is 0.0557. The Morgan fingerprint density at radius 1 is 1.29 bits per heavy atom. The molecule has 6 nitrogen and oxygen atoms in total. The smallest absolute Gasteiger partial charge is 0.338 e. The zero-order valence-corrected chi connectivity index (χ0v) is 13.6. The number of carbonyl (C=O) groups excluding carboxylic acids is 2. The van der Waals surface area contributed by atoms with Gasteiger partial charge in [-0.3, -0.25) is 4.79 Å². The molecule has 0 aliphatic carbocycles. The summed E-state index contributed by atoms with van der Waals surface area (Å²) < 4.78 is 4.91. The lowest BCUT2D eigenvalue weighted by Crippen LogP contribution is -2.21. The molecule has 0 heterocycles. The molecule has 24 heavy (non-hydrogen) atoms. The second-order valence-electron chi connectivity index (χ2n) is 4.84. The number of anilines is 1. The maximum atomic E-state index is 11.9. The number of hydrogen-bond acceptors (Lipinski definition) is 6. The van der Waals surface area contributed by atoms with Gasteiger partial charge in [-0.25, -0.2) is 4.79 Å². The van der Waals surface area contributed by atoms with E-state index in [0.717, 1.165) is 22.2 Å². The molecule has 7 heteroatoms. The van der Waals surface area contributed by atoms with Gasteiger partial charge in [0.25, 0.3) is 5.91 Å². The monoisotopic (exact) mass is 342 g/mol. The molecular weight excluding hydrogens is 328 g/mol. The molecule has 0 fully saturated rings. The molecule has 0 saturated carbocycles. The Balaban J connectivity index is 1.92. The number of thioether (sulfide) groups is 1. The van der Waals surface area contributed by atoms with Gasteiger partial charge in [0.2, 0.25) is 0 Å². The molecule has 2 aromatic rings. The van der Waals surface area contributed by atoms with Crippen LogP contribution in [0.2, 0.25) is 0 Å². The molecular formula is C17H14N2O4S. The number of phenols is 1. The van der Waals surface area contributed by atoms with Crippen molar-refractivity contribution in [1.29, 1.82) is 5.26 Å². The third kappa shape index (κ3) is 4.76. The van der Waals surface area contributed by atoms with Gasteiger partial charge in [-0.1, -0.05) is 6.07 Å². The zero-order chi connectivity index (χ0) is 17.5. The van der Waals surface area contributed by atoms with E-state index in [1.54, 1.807) is 25.1 Å². The molecule has 0 spiro atoms. The number of nitrogens with one attached hydrogen (secondary N) is 1. The molecule has 0 saturated heterocycles. The van der Waals surface area contributed by atoms with Crippen LogP contribution in [0, 0.1) is 17.6 Å². The number of amides is 1. The number of nitriles is 1. The van der Waals surface area contributed by atoms with Crippen molar-refractivity contribution >= 4 is 29.3 Å². The topological polar surface area (TPSA) is 99.4 Å². The van der Waals surface area contributed by atoms with Crippen LogP contribution in [0.25, 0.3) is 0 Å². The van der Waals surface area contributed by atoms with Crippen LogP contribution in [-0.2, 0) is 9.53 Å². The van der Waals surface area contributed by atoms with Gasteiger partial charge >= 0.3 is 5.97 Å². The van der Waals surface area contributed by atoms with E-state index >= 15 is 0 Å². The SMILES string of the molecule is Cc1cc(SC#N)ccc1NC(=O)COC(=O)c1cccc(O)c1. The van der Waals surface area contributed by atoms with Crippen LogP contribution in [0.15, 0.2) is 47.4 Å². The van der Waals surface area contributed by atoms with E-state index in [-0.39, 0.29) is 11.3 Å². The highest BCUT2D eigenvalue weighted by Crippen LogP contribution is 2.23. The van der Waals surface area contributed by atoms with Crippen molar-refractivity contribution in [3.8, 4) is 11.2 Å². The number of aromatic hydroxyl groups is 1. The van der Waals surface area contributed by atoms with Crippen molar-refractivity contribution in [3.63, 3.8) is 0 Å². The normalized spacial score (nSPS) is 9.83. The van der Waals surface area contributed by atoms with Crippen LogP contribution >= 0.6 is 11.8 Å². The van der Waals surface area contributed by atoms with Crippen LogP contribution < -0.4 is 5.32 Å². The first-order valence-corrected chi connectivity index (χ1v) is 7.74. The van der Waals surface area contributed by atoms with Gasteiger partial charge in [-0.05, 0) is 60.6 Å². The third-order valence-corrected chi connectivity index (χ3v) is 3.63. The number of esters is 1. The molecule has 0 radical (unpaired) electrons. The number of rotatable bonds is 5. The third-order valence-electron chi connectivity index (χ3n) is 3.05. The van der Waals surface area contributed by atoms with E-state index in [2.05, 4.69) is 5.32 Å². The number of phenolic OH excluding ortho intramolecular Hbond substituents is 1. The van der Waals surface area contributed by atoms with Crippen molar-refractivity contribution in [2.24, 2.45) is 0 Å². The highest BCUT2D eigenvalue weighted by Gasteiger charge is 2.12. The predicted molar refractivity (Wildman–Crippen MR) is 89.7 cm³/mol. The molecule has 2 rings (SSSR count). The first-order chi connectivity index (χ1) is 11.5. The predicted octanol–water partition coefficient (Wildman–Crippen LogP) is 3.07. The van der Waals surface area contributed by atoms with Crippen LogP contribution in [0.3, 0.4) is 0 Å². The van der Waals surface area contributed by atoms with E-state index < -0.39 is 18.5 Å². The Morgan fingerprint density at radius 2 is 2.08 bits per heavy atom. The average Bonchev–Trinajstić information content (AvgIpc) is 2.55. The zero-order valence-electron chi connectivity index (χ0n) is 12.8. The summed E-state index contributed by atoms with van der Waals surface area (Å²) >= 11 is 1.03. The lowest BCUT2D eigenvalue weighted by atomic mass is 10.2. The molecule has 0 unspecified atom stereocenters. The van der Waals surface area contributed by atoms with Crippen molar-refractivity contribution in [3.05, 3.63) is 53.6 Å². The molecule has 2 aromatic carbocycles. The van der Waals surface area contributed by atoms with Gasteiger partial charge in [0, 0.05) is 10.6 Å². The fourth-order valence-electron chi connectivity index (χ4n) is 1.93. The summed E-state index contributed by atoms with van der Waals surface area (Å²) in [5, 5.41) is 22.6. The van der Waals surface area contributed by atoms with Gasteiger partial charge in [0.05, 0.1) is 5.56 Å². The second kappa shape index (κ2) is 8.04. The number of nitrogens with zero attached hydrogens (tertiary/aromatic N) is 1. The maximum absolute atomic E-state index is 11.9. The van der Waals surface area contributed by atoms with E-state index in [9.17, 15) is 14.7 Å². The highest BCUT2D eigenvalue weighted by atomic mass is 32.2. The molecule has 0 aromatic heterocycles. The number of ether oxygens (including phenoxy) is 1. The first kappa shape index (κ1) is 17.4. The minimum atomic E-state index is -0.696. The number of hydrogen-bond donors (Lipinski definition) is 2. The second-order valence-corrected chi connectivity index (χ2v) is 5.70. The molecule has 1 amide bonds. The van der Waals surface area contributed by atoms with Crippen LogP contribution in [-0.4, -0.2) is 23.6 Å². The highest BCUT2D eigenvalue weighted by molar-refractivity contribution is 8.03. The maximum Gasteiger partial charge on any atom is 0.338 e. The van der Waals surface area contributed by atoms with Crippen molar-refractivity contribution in [2.45, 2.75) is 11.8 Å². The van der Waals surface area contributed by atoms with Gasteiger partial charge in [0.1, 0.15) is 11.2 Å². The summed E-state index contributed by atoms with van der Waals surface area (Å²) in [5.74, 6) is -1.23. The van der Waals surface area contributed by atoms with E-state index in [4.69, 9.17) is 10.00 Å². The van der Waals surface area contributed by atoms with Crippen molar-refractivity contribution in [2.75, 3.05) is 11.9 Å². The summed E-state index contributed by atoms with van der Waals surface area (Å²) in [4.78, 5) is 24.5. The molecule has 0 aliphatic heterocycles. The summed E-state index contributed by atoms with van der Waals surface area (Å²) in [6, 6.07) is 10.9. The van der Waals surface area contributed by atoms with E-state index in [1.807, 2.05) is 5.40 Å². The number of thiocyanates is 1. The van der Waals surface area contributed by atoms with E-state index in [1.165, 1.54) is 24.3 Å². The summed E-state index contributed by atoms with van der Waals surface area (Å²) in [7, 11) is 0. The largest absolute Gasteiger partial charge is 0.508 e. The Labute approximate surface area is 143 Å². The molecule has 2 N–H and O–H groups in total. The van der Waals surface area contributed by atoms with Crippen LogP contribution in [0.1, 0.15) is 15.9 Å². The molecule has 0 aliphatic rings. The van der Waals surface area contributed by atoms with Crippen LogP contribution in [0.4, 0.5) is 5.69 Å². The summed E-state index contributed by atoms with van der Waals surface area (Å²) in [6.07, 6.45) is 0. The minimum Gasteiger partial charge on any atom is -0.508 e. The number of aryl methyl sites for hydroxylation is 1. The first-order valence-electron chi connectivity index (χ1n) is 6.92. The summed E-state index contributed by atoms with van der Waals surface area (Å²) in [5.41, 5.74) is 1.54. The Morgan fingerprint density at radius 3 is 2.75 bits per heavy atom. The Kier molecular flexibility index (Phi) is 5.82. The van der Waals surface area contributed by atoms with Gasteiger partial charge < -0.3 is 15.2 Å². The molecule has 122 valence electrons. The standard InChI is InChI=1S/C17H14N2O4S/c1-11-7-14(24-10-18)5-6-15(11)19-16(21)9-23-17(22)12-3-2-4-13(20)8-12/h2-8,20H,9H2,1H3,(H,19,21). The lowest BCUT2D eigenvalue weighted by Gasteiger charge is -2.10. The fourth-order valence-corrected chi connectivity index (χ4v) is 2.40. The Hall–Kier alpha value is -2.98. The summed E-state index contributed by atoms with van der Waals surface area (Å²) in [6.45, 7) is 1.36. The average molecular weight is 342 g/mol. The van der Waals surface area contributed by atoms with Gasteiger partial charge in [-0.15, -0.1) is 0 Å². The molecule has 0 atom stereocenters. The van der Waals surface area contributed by atoms with Crippen molar-refractivity contribution in [1.82, 2.24) is 0 Å². The van der Waals surface area contributed by atoms with Crippen molar-refractivity contribution < 1.29 is 19.4 Å². The van der Waals surface area contributed by atoms with Gasteiger partial charge in [0.15, 0.2) is 6.61 Å². The van der Waals surface area contributed by atoms with E-state index in [0.29, 0.717) is 5.69 Å². The fraction of sp³-hybridized carbons (Fsp3) is 0.118. The Bertz CT molecular complexity index is 814. The lowest BCUT2D eigenvalue weighted by molar-refractivity contribution is -0.119. The van der Waals surface area contributed by atoms with Gasteiger partial charge in [-0.2, -0.15) is 5.26 Å². The quantitative estimate of drug-likeness (QED) is 0.492.